The van der Waals surface area contributed by atoms with Crippen LogP contribution in [0.1, 0.15) is 20.3 Å². The summed E-state index contributed by atoms with van der Waals surface area (Å²) in [5, 5.41) is 6.53. The number of hydrogen-bond donors (Lipinski definition) is 2. The van der Waals surface area contributed by atoms with E-state index in [1.807, 2.05) is 19.9 Å². The Bertz CT molecular complexity index is 465. The zero-order chi connectivity index (χ0) is 14.8. The van der Waals surface area contributed by atoms with Crippen molar-refractivity contribution in [3.05, 3.63) is 35.3 Å². The van der Waals surface area contributed by atoms with Crippen molar-refractivity contribution in [3.8, 4) is 0 Å². The Morgan fingerprint density at radius 3 is 2.80 bits per heavy atom. The van der Waals surface area contributed by atoms with Gasteiger partial charge in [0.25, 0.3) is 0 Å². The van der Waals surface area contributed by atoms with Gasteiger partial charge in [-0.1, -0.05) is 5.57 Å². The summed E-state index contributed by atoms with van der Waals surface area (Å²) in [6, 6.07) is 0. The lowest BCUT2D eigenvalue weighted by Gasteiger charge is -2.18. The van der Waals surface area contributed by atoms with Crippen molar-refractivity contribution in [3.63, 3.8) is 0 Å². The molecule has 1 saturated heterocycles. The molecule has 0 aliphatic carbocycles. The van der Waals surface area contributed by atoms with Crippen molar-refractivity contribution in [1.82, 2.24) is 10.6 Å². The number of rotatable bonds is 6. The number of aliphatic imine (C=N–C) groups is 3. The minimum Gasteiger partial charge on any atom is -0.365 e. The molecule has 5 nitrogen and oxygen atoms in total. The molecule has 0 atom stereocenters. The highest BCUT2D eigenvalue weighted by molar-refractivity contribution is 6.02. The van der Waals surface area contributed by atoms with Crippen LogP contribution in [0, 0.1) is 0 Å². The Labute approximate surface area is 121 Å². The molecule has 0 saturated carbocycles. The van der Waals surface area contributed by atoms with E-state index >= 15 is 0 Å². The van der Waals surface area contributed by atoms with Gasteiger partial charge in [-0.3, -0.25) is 15.0 Å². The molecule has 0 radical (unpaired) electrons. The molecule has 1 aliphatic heterocycles. The molecule has 0 unspecified atom stereocenters. The van der Waals surface area contributed by atoms with E-state index in [4.69, 9.17) is 0 Å². The predicted octanol–water partition coefficient (Wildman–Crippen LogP) is 2.06. The van der Waals surface area contributed by atoms with Gasteiger partial charge in [0.05, 0.1) is 11.4 Å². The minimum absolute atomic E-state index is 0.497. The number of nitrogens with zero attached hydrogens (tertiary/aromatic N) is 3. The first-order valence-corrected chi connectivity index (χ1v) is 6.61. The third kappa shape index (κ3) is 5.75. The van der Waals surface area contributed by atoms with E-state index in [1.165, 1.54) is 5.57 Å². The van der Waals surface area contributed by atoms with Crippen molar-refractivity contribution in [2.24, 2.45) is 15.0 Å². The Hall–Kier alpha value is -2.01. The molecule has 0 aromatic rings. The van der Waals surface area contributed by atoms with E-state index in [0.717, 1.165) is 36.5 Å². The standard InChI is InChI=1S/C15H23N5/c1-12(2)7-14(9-17-4)19-11-20-15-10-18-6-5-13(15)8-16-3/h7-9,18-19H,3-6,10-11H2,1-2H3/b13-8-,14-9+,20-15-. The molecule has 108 valence electrons. The van der Waals surface area contributed by atoms with Crippen LogP contribution in [-0.2, 0) is 0 Å². The summed E-state index contributed by atoms with van der Waals surface area (Å²) in [4.78, 5) is 12.2. The van der Waals surface area contributed by atoms with Gasteiger partial charge in [0.15, 0.2) is 0 Å². The van der Waals surface area contributed by atoms with Gasteiger partial charge in [0, 0.05) is 18.9 Å². The van der Waals surface area contributed by atoms with Crippen LogP contribution in [-0.4, -0.2) is 38.9 Å². The smallest absolute Gasteiger partial charge is 0.108 e. The molecule has 1 heterocycles. The molecule has 0 bridgehead atoms. The third-order valence-electron chi connectivity index (χ3n) is 2.71. The number of nitrogens with one attached hydrogen (secondary N) is 2. The molecular weight excluding hydrogens is 250 g/mol. The zero-order valence-electron chi connectivity index (χ0n) is 12.3. The molecule has 0 aromatic heterocycles. The number of allylic oxidation sites excluding steroid dienone is 2. The summed E-state index contributed by atoms with van der Waals surface area (Å²) >= 11 is 0. The van der Waals surface area contributed by atoms with Gasteiger partial charge >= 0.3 is 0 Å². The second kappa shape index (κ2) is 8.98. The second-order valence-corrected chi connectivity index (χ2v) is 4.69. The Kier molecular flexibility index (Phi) is 7.21. The normalized spacial score (nSPS) is 19.8. The van der Waals surface area contributed by atoms with Crippen LogP contribution in [0.15, 0.2) is 50.3 Å². The third-order valence-corrected chi connectivity index (χ3v) is 2.71. The predicted molar refractivity (Wildman–Crippen MR) is 87.6 cm³/mol. The Morgan fingerprint density at radius 2 is 2.15 bits per heavy atom. The quantitative estimate of drug-likeness (QED) is 0.575. The largest absolute Gasteiger partial charge is 0.365 e. The van der Waals surface area contributed by atoms with E-state index < -0.39 is 0 Å². The fraction of sp³-hybridized carbons (Fsp3) is 0.400. The van der Waals surface area contributed by atoms with E-state index in [9.17, 15) is 0 Å². The van der Waals surface area contributed by atoms with Crippen LogP contribution >= 0.6 is 0 Å². The van der Waals surface area contributed by atoms with Gasteiger partial charge in [0.1, 0.15) is 6.67 Å². The van der Waals surface area contributed by atoms with Crippen LogP contribution in [0.5, 0.6) is 0 Å². The molecule has 1 aliphatic rings. The van der Waals surface area contributed by atoms with Crippen LogP contribution in [0.4, 0.5) is 0 Å². The van der Waals surface area contributed by atoms with Crippen LogP contribution in [0.25, 0.3) is 0 Å². The van der Waals surface area contributed by atoms with Gasteiger partial charge in [-0.15, -0.1) is 0 Å². The maximum atomic E-state index is 4.57. The van der Waals surface area contributed by atoms with E-state index in [-0.39, 0.29) is 0 Å². The molecule has 0 spiro atoms. The summed E-state index contributed by atoms with van der Waals surface area (Å²) < 4.78 is 0. The van der Waals surface area contributed by atoms with Gasteiger partial charge in [-0.25, -0.2) is 0 Å². The zero-order valence-corrected chi connectivity index (χ0v) is 12.3. The molecule has 0 amide bonds. The maximum absolute atomic E-state index is 4.57. The molecule has 20 heavy (non-hydrogen) atoms. The summed E-state index contributed by atoms with van der Waals surface area (Å²) in [6.45, 7) is 13.3. The summed E-state index contributed by atoms with van der Waals surface area (Å²) in [5.41, 5.74) is 4.27. The summed E-state index contributed by atoms with van der Waals surface area (Å²) in [5.74, 6) is 0. The fourth-order valence-corrected chi connectivity index (χ4v) is 1.86. The average Bonchev–Trinajstić information content (AvgIpc) is 2.40. The van der Waals surface area contributed by atoms with Crippen LogP contribution < -0.4 is 10.6 Å². The summed E-state index contributed by atoms with van der Waals surface area (Å²) in [6.07, 6.45) is 6.42. The SMILES string of the molecule is C=N/C=C1/CCNC/C1=N/CN/C(C=C(C)C)=C/N=C. The van der Waals surface area contributed by atoms with Gasteiger partial charge < -0.3 is 10.6 Å². The van der Waals surface area contributed by atoms with Crippen LogP contribution in [0.3, 0.4) is 0 Å². The van der Waals surface area contributed by atoms with Gasteiger partial charge in [-0.2, -0.15) is 0 Å². The van der Waals surface area contributed by atoms with Crippen molar-refractivity contribution < 1.29 is 0 Å². The minimum atomic E-state index is 0.497. The monoisotopic (exact) mass is 273 g/mol. The second-order valence-electron chi connectivity index (χ2n) is 4.69. The molecule has 0 aromatic carbocycles. The Morgan fingerprint density at radius 1 is 1.35 bits per heavy atom. The van der Waals surface area contributed by atoms with E-state index in [2.05, 4.69) is 39.0 Å². The lowest BCUT2D eigenvalue weighted by Crippen LogP contribution is -2.32. The van der Waals surface area contributed by atoms with Gasteiger partial charge in [-0.05, 0) is 51.9 Å². The highest BCUT2D eigenvalue weighted by atomic mass is 15.0. The van der Waals surface area contributed by atoms with E-state index in [1.54, 1.807) is 12.4 Å². The molecule has 5 heteroatoms. The van der Waals surface area contributed by atoms with Gasteiger partial charge in [0.2, 0.25) is 0 Å². The first-order chi connectivity index (χ1) is 9.67. The molecular formula is C15H23N5. The first kappa shape index (κ1) is 16.0. The average molecular weight is 273 g/mol. The topological polar surface area (TPSA) is 61.1 Å². The lowest BCUT2D eigenvalue weighted by atomic mass is 10.0. The van der Waals surface area contributed by atoms with Crippen LogP contribution in [0.2, 0.25) is 0 Å². The molecule has 1 fully saturated rings. The van der Waals surface area contributed by atoms with E-state index in [0.29, 0.717) is 6.67 Å². The van der Waals surface area contributed by atoms with Crippen molar-refractivity contribution in [2.45, 2.75) is 20.3 Å². The lowest BCUT2D eigenvalue weighted by molar-refractivity contribution is 0.723. The Balaban J connectivity index is 2.68. The van der Waals surface area contributed by atoms with Crippen molar-refractivity contribution in [1.29, 1.82) is 0 Å². The fourth-order valence-electron chi connectivity index (χ4n) is 1.86. The highest BCUT2D eigenvalue weighted by Crippen LogP contribution is 2.08. The van der Waals surface area contributed by atoms with Crippen molar-refractivity contribution >= 4 is 19.1 Å². The maximum Gasteiger partial charge on any atom is 0.108 e. The number of piperidine rings is 1. The van der Waals surface area contributed by atoms with Crippen molar-refractivity contribution in [2.75, 3.05) is 19.8 Å². The molecule has 1 rings (SSSR count). The number of hydrogen-bond acceptors (Lipinski definition) is 5. The summed E-state index contributed by atoms with van der Waals surface area (Å²) in [7, 11) is 0. The first-order valence-electron chi connectivity index (χ1n) is 6.61. The molecule has 2 N–H and O–H groups in total. The highest BCUT2D eigenvalue weighted by Gasteiger charge is 2.11.